The van der Waals surface area contributed by atoms with Crippen LogP contribution < -0.4 is 14.8 Å². The number of aryl methyl sites for hydroxylation is 2. The number of fused-ring (bicyclic) bond motifs is 1. The second-order valence-electron chi connectivity index (χ2n) is 8.37. The van der Waals surface area contributed by atoms with Crippen molar-refractivity contribution in [3.63, 3.8) is 0 Å². The minimum absolute atomic E-state index is 0.0274. The first-order valence-electron chi connectivity index (χ1n) is 11.4. The number of hydrogen-bond donors (Lipinski definition) is 1. The lowest BCUT2D eigenvalue weighted by Gasteiger charge is -2.14. The number of methoxy groups -OCH3 is 1. The van der Waals surface area contributed by atoms with Gasteiger partial charge in [0.05, 0.1) is 7.11 Å². The number of amides is 1. The normalized spacial score (nSPS) is 11.1. The molecule has 1 amide bonds. The molecule has 4 aromatic rings. The van der Waals surface area contributed by atoms with E-state index in [1.54, 1.807) is 19.2 Å². The number of carbonyl (C=O) groups is 1. The molecule has 0 atom stereocenters. The third-order valence-corrected chi connectivity index (χ3v) is 6.66. The van der Waals surface area contributed by atoms with Gasteiger partial charge in [-0.05, 0) is 77.2 Å². The monoisotopic (exact) mass is 540 g/mol. The van der Waals surface area contributed by atoms with Crippen molar-refractivity contribution in [2.75, 3.05) is 12.4 Å². The number of ether oxygens (including phenoxy) is 2. The van der Waals surface area contributed by atoms with Crippen molar-refractivity contribution in [2.45, 2.75) is 20.5 Å². The van der Waals surface area contributed by atoms with Crippen molar-refractivity contribution in [3.05, 3.63) is 105 Å². The van der Waals surface area contributed by atoms with E-state index in [0.717, 1.165) is 27.5 Å². The van der Waals surface area contributed by atoms with Gasteiger partial charge in [0.15, 0.2) is 11.5 Å². The number of nitrogens with one attached hydrogen (secondary N) is 1. The number of nitriles is 1. The Morgan fingerprint density at radius 3 is 2.53 bits per heavy atom. The van der Waals surface area contributed by atoms with Crippen LogP contribution in [0.1, 0.15) is 22.3 Å². The zero-order valence-electron chi connectivity index (χ0n) is 20.3. The van der Waals surface area contributed by atoms with Crippen molar-refractivity contribution in [3.8, 4) is 17.6 Å². The van der Waals surface area contributed by atoms with E-state index in [4.69, 9.17) is 9.47 Å². The number of rotatable bonds is 7. The molecule has 0 radical (unpaired) electrons. The summed E-state index contributed by atoms with van der Waals surface area (Å²) in [4.78, 5) is 12.8. The van der Waals surface area contributed by atoms with Crippen LogP contribution in [0.25, 0.3) is 16.8 Å². The van der Waals surface area contributed by atoms with Gasteiger partial charge < -0.3 is 14.8 Å². The fourth-order valence-corrected chi connectivity index (χ4v) is 4.27. The second-order valence-corrected chi connectivity index (χ2v) is 9.23. The summed E-state index contributed by atoms with van der Waals surface area (Å²) in [6.07, 6.45) is 1.53. The van der Waals surface area contributed by atoms with E-state index < -0.39 is 5.91 Å². The van der Waals surface area contributed by atoms with Gasteiger partial charge in [-0.1, -0.05) is 64.5 Å². The zero-order valence-corrected chi connectivity index (χ0v) is 21.8. The van der Waals surface area contributed by atoms with E-state index in [9.17, 15) is 10.1 Å². The van der Waals surface area contributed by atoms with Crippen LogP contribution >= 0.6 is 15.9 Å². The molecule has 0 bridgehead atoms. The fourth-order valence-electron chi connectivity index (χ4n) is 3.83. The Hall–Kier alpha value is -4.08. The molecule has 0 aliphatic heterocycles. The lowest BCUT2D eigenvalue weighted by atomic mass is 10.1. The van der Waals surface area contributed by atoms with E-state index in [2.05, 4.69) is 39.4 Å². The SMILES string of the molecule is COc1cc(/C=C(\C#N)C(=O)Nc2ccc(C)c(C)c2)c(Br)cc1OCc1cccc2ccccc12. The summed E-state index contributed by atoms with van der Waals surface area (Å²) in [6.45, 7) is 4.34. The Morgan fingerprint density at radius 1 is 1.00 bits per heavy atom. The third kappa shape index (κ3) is 5.59. The van der Waals surface area contributed by atoms with E-state index in [0.29, 0.717) is 33.8 Å². The topological polar surface area (TPSA) is 71.3 Å². The molecule has 36 heavy (non-hydrogen) atoms. The summed E-state index contributed by atoms with van der Waals surface area (Å²) < 4.78 is 12.3. The maximum absolute atomic E-state index is 12.8. The lowest BCUT2D eigenvalue weighted by Crippen LogP contribution is -2.13. The standard InChI is InChI=1S/C30H25BrN2O3/c1-19-11-12-25(13-20(19)2)33-30(34)24(17-32)14-23-15-28(35-3)29(16-27(23)31)36-18-22-9-6-8-21-7-4-5-10-26(21)22/h4-16H,18H2,1-3H3,(H,33,34)/b24-14+. The van der Waals surface area contributed by atoms with Crippen LogP contribution in [0.4, 0.5) is 5.69 Å². The van der Waals surface area contributed by atoms with Crippen LogP contribution in [0.5, 0.6) is 11.5 Å². The first-order valence-corrected chi connectivity index (χ1v) is 12.2. The highest BCUT2D eigenvalue weighted by atomic mass is 79.9. The average Bonchev–Trinajstić information content (AvgIpc) is 2.88. The number of anilines is 1. The smallest absolute Gasteiger partial charge is 0.266 e. The first-order chi connectivity index (χ1) is 17.4. The Labute approximate surface area is 219 Å². The van der Waals surface area contributed by atoms with Crippen LogP contribution in [0.3, 0.4) is 0 Å². The second kappa shape index (κ2) is 11.1. The summed E-state index contributed by atoms with van der Waals surface area (Å²) in [5.74, 6) is 0.562. The van der Waals surface area contributed by atoms with E-state index >= 15 is 0 Å². The van der Waals surface area contributed by atoms with Crippen molar-refractivity contribution in [2.24, 2.45) is 0 Å². The minimum Gasteiger partial charge on any atom is -0.493 e. The van der Waals surface area contributed by atoms with Crippen LogP contribution in [-0.4, -0.2) is 13.0 Å². The van der Waals surface area contributed by atoms with Gasteiger partial charge in [-0.25, -0.2) is 0 Å². The molecule has 0 saturated heterocycles. The Kier molecular flexibility index (Phi) is 7.72. The van der Waals surface area contributed by atoms with Crippen molar-refractivity contribution in [1.29, 1.82) is 5.26 Å². The molecule has 0 aromatic heterocycles. The van der Waals surface area contributed by atoms with Crippen LogP contribution in [0.15, 0.2) is 82.8 Å². The largest absolute Gasteiger partial charge is 0.493 e. The molecular weight excluding hydrogens is 516 g/mol. The van der Waals surface area contributed by atoms with E-state index in [-0.39, 0.29) is 5.57 Å². The van der Waals surface area contributed by atoms with Gasteiger partial charge in [0, 0.05) is 10.2 Å². The Balaban J connectivity index is 1.57. The Bertz CT molecular complexity index is 1510. The minimum atomic E-state index is -0.483. The summed E-state index contributed by atoms with van der Waals surface area (Å²) in [5.41, 5.74) is 4.48. The molecule has 180 valence electrons. The molecule has 1 N–H and O–H groups in total. The van der Waals surface area contributed by atoms with Gasteiger partial charge in [0.25, 0.3) is 5.91 Å². The van der Waals surface area contributed by atoms with E-state index in [1.165, 1.54) is 6.08 Å². The van der Waals surface area contributed by atoms with E-state index in [1.807, 2.05) is 62.4 Å². The van der Waals surface area contributed by atoms with Crippen molar-refractivity contribution >= 4 is 44.4 Å². The van der Waals surface area contributed by atoms with Gasteiger partial charge in [0.1, 0.15) is 18.2 Å². The van der Waals surface area contributed by atoms with Gasteiger partial charge in [-0.3, -0.25) is 4.79 Å². The first kappa shape index (κ1) is 25.0. The molecule has 0 fully saturated rings. The lowest BCUT2D eigenvalue weighted by molar-refractivity contribution is -0.112. The molecule has 4 rings (SSSR count). The molecule has 6 heteroatoms. The fraction of sp³-hybridized carbons (Fsp3) is 0.133. The van der Waals surface area contributed by atoms with Crippen LogP contribution in [0, 0.1) is 25.2 Å². The molecule has 0 unspecified atom stereocenters. The highest BCUT2D eigenvalue weighted by molar-refractivity contribution is 9.10. The predicted molar refractivity (Wildman–Crippen MR) is 147 cm³/mol. The van der Waals surface area contributed by atoms with Gasteiger partial charge in [-0.2, -0.15) is 5.26 Å². The number of hydrogen-bond acceptors (Lipinski definition) is 4. The summed E-state index contributed by atoms with van der Waals surface area (Å²) in [5, 5.41) is 14.7. The van der Waals surface area contributed by atoms with Crippen molar-refractivity contribution in [1.82, 2.24) is 0 Å². The number of benzene rings is 4. The molecular formula is C30H25BrN2O3. The summed E-state index contributed by atoms with van der Waals surface area (Å²) >= 11 is 3.55. The zero-order chi connectivity index (χ0) is 25.7. The molecule has 0 heterocycles. The molecule has 4 aromatic carbocycles. The molecule has 5 nitrogen and oxygen atoms in total. The van der Waals surface area contributed by atoms with Crippen LogP contribution in [-0.2, 0) is 11.4 Å². The van der Waals surface area contributed by atoms with Crippen molar-refractivity contribution < 1.29 is 14.3 Å². The summed E-state index contributed by atoms with van der Waals surface area (Å²) in [7, 11) is 1.55. The predicted octanol–water partition coefficient (Wildman–Crippen LogP) is 7.35. The van der Waals surface area contributed by atoms with Gasteiger partial charge in [-0.15, -0.1) is 0 Å². The Morgan fingerprint density at radius 2 is 1.78 bits per heavy atom. The average molecular weight is 541 g/mol. The maximum atomic E-state index is 12.8. The molecule has 0 saturated carbocycles. The quantitative estimate of drug-likeness (QED) is 0.196. The highest BCUT2D eigenvalue weighted by Crippen LogP contribution is 2.35. The van der Waals surface area contributed by atoms with Gasteiger partial charge >= 0.3 is 0 Å². The molecule has 0 spiro atoms. The highest BCUT2D eigenvalue weighted by Gasteiger charge is 2.15. The summed E-state index contributed by atoms with van der Waals surface area (Å²) in [6, 6.07) is 25.4. The number of halogens is 1. The molecule has 0 aliphatic rings. The molecule has 0 aliphatic carbocycles. The number of carbonyl (C=O) groups excluding carboxylic acids is 1. The van der Waals surface area contributed by atoms with Gasteiger partial charge in [0.2, 0.25) is 0 Å². The van der Waals surface area contributed by atoms with Crippen LogP contribution in [0.2, 0.25) is 0 Å². The number of nitrogens with zero attached hydrogens (tertiary/aromatic N) is 1. The third-order valence-electron chi connectivity index (χ3n) is 5.98. The maximum Gasteiger partial charge on any atom is 0.266 e.